The van der Waals surface area contributed by atoms with Crippen LogP contribution in [0.3, 0.4) is 0 Å². The zero-order valence-electron chi connectivity index (χ0n) is 12.3. The lowest BCUT2D eigenvalue weighted by atomic mass is 9.92. The van der Waals surface area contributed by atoms with Gasteiger partial charge in [-0.25, -0.2) is 4.79 Å². The van der Waals surface area contributed by atoms with E-state index in [1.165, 1.54) is 0 Å². The molecular formula is C16H19N3O2. The van der Waals surface area contributed by atoms with Gasteiger partial charge in [0.15, 0.2) is 5.82 Å². The SMILES string of the molecule is CCC1(C(=O)O)CCCN1c1nnc(C)c2ccccc12. The molecule has 0 saturated carbocycles. The monoisotopic (exact) mass is 285 g/mol. The number of nitrogens with zero attached hydrogens (tertiary/aromatic N) is 3. The summed E-state index contributed by atoms with van der Waals surface area (Å²) in [5.41, 5.74) is 0.0122. The van der Waals surface area contributed by atoms with Crippen molar-refractivity contribution in [2.75, 3.05) is 11.4 Å². The van der Waals surface area contributed by atoms with Crippen LogP contribution in [0.5, 0.6) is 0 Å². The van der Waals surface area contributed by atoms with E-state index in [1.807, 2.05) is 43.0 Å². The molecule has 3 rings (SSSR count). The number of carboxylic acid groups (broad SMARTS) is 1. The molecule has 21 heavy (non-hydrogen) atoms. The number of aliphatic carboxylic acids is 1. The molecule has 1 saturated heterocycles. The third-order valence-corrected chi connectivity index (χ3v) is 4.58. The van der Waals surface area contributed by atoms with Crippen LogP contribution in [0.25, 0.3) is 10.8 Å². The second kappa shape index (κ2) is 4.98. The number of carbonyl (C=O) groups is 1. The second-order valence-corrected chi connectivity index (χ2v) is 5.60. The Kier molecular flexibility index (Phi) is 3.27. The average molecular weight is 285 g/mol. The molecule has 0 spiro atoms. The van der Waals surface area contributed by atoms with E-state index in [0.717, 1.165) is 22.9 Å². The summed E-state index contributed by atoms with van der Waals surface area (Å²) in [6.45, 7) is 4.56. The van der Waals surface area contributed by atoms with E-state index in [2.05, 4.69) is 10.2 Å². The van der Waals surface area contributed by atoms with Gasteiger partial charge in [-0.05, 0) is 26.2 Å². The largest absolute Gasteiger partial charge is 0.479 e. The quantitative estimate of drug-likeness (QED) is 0.939. The van der Waals surface area contributed by atoms with Crippen LogP contribution in [0.2, 0.25) is 0 Å². The lowest BCUT2D eigenvalue weighted by Gasteiger charge is -2.35. The maximum Gasteiger partial charge on any atom is 0.329 e. The van der Waals surface area contributed by atoms with Gasteiger partial charge in [-0.3, -0.25) is 0 Å². The van der Waals surface area contributed by atoms with E-state index in [1.54, 1.807) is 0 Å². The first kappa shape index (κ1) is 13.8. The highest BCUT2D eigenvalue weighted by Gasteiger charge is 2.47. The first-order valence-corrected chi connectivity index (χ1v) is 7.33. The molecule has 1 aromatic heterocycles. The lowest BCUT2D eigenvalue weighted by Crippen LogP contribution is -2.50. The summed E-state index contributed by atoms with van der Waals surface area (Å²) in [6, 6.07) is 7.92. The Morgan fingerprint density at radius 2 is 2.05 bits per heavy atom. The number of benzene rings is 1. The van der Waals surface area contributed by atoms with Gasteiger partial charge in [0.05, 0.1) is 5.69 Å². The van der Waals surface area contributed by atoms with E-state index in [4.69, 9.17) is 0 Å². The van der Waals surface area contributed by atoms with Crippen LogP contribution in [-0.2, 0) is 4.79 Å². The van der Waals surface area contributed by atoms with Crippen molar-refractivity contribution in [2.24, 2.45) is 0 Å². The Balaban J connectivity index is 2.21. The number of fused-ring (bicyclic) bond motifs is 1. The van der Waals surface area contributed by atoms with Crippen LogP contribution in [0.4, 0.5) is 5.82 Å². The molecule has 2 aromatic rings. The first-order valence-electron chi connectivity index (χ1n) is 7.33. The third-order valence-electron chi connectivity index (χ3n) is 4.58. The summed E-state index contributed by atoms with van der Waals surface area (Å²) < 4.78 is 0. The topological polar surface area (TPSA) is 66.3 Å². The van der Waals surface area contributed by atoms with Gasteiger partial charge in [0.2, 0.25) is 0 Å². The number of aryl methyl sites for hydroxylation is 1. The van der Waals surface area contributed by atoms with E-state index in [0.29, 0.717) is 25.2 Å². The summed E-state index contributed by atoms with van der Waals surface area (Å²) in [7, 11) is 0. The molecule has 5 nitrogen and oxygen atoms in total. The number of carboxylic acids is 1. The van der Waals surface area contributed by atoms with Gasteiger partial charge in [0.1, 0.15) is 5.54 Å². The Morgan fingerprint density at radius 1 is 1.33 bits per heavy atom. The molecule has 1 aliphatic rings. The molecule has 1 unspecified atom stereocenters. The molecule has 0 amide bonds. The summed E-state index contributed by atoms with van der Waals surface area (Å²) in [6.07, 6.45) is 2.08. The van der Waals surface area contributed by atoms with E-state index >= 15 is 0 Å². The van der Waals surface area contributed by atoms with Crippen LogP contribution in [-0.4, -0.2) is 33.4 Å². The van der Waals surface area contributed by atoms with E-state index in [-0.39, 0.29) is 0 Å². The second-order valence-electron chi connectivity index (χ2n) is 5.60. The Bertz CT molecular complexity index is 701. The minimum Gasteiger partial charge on any atom is -0.479 e. The highest BCUT2D eigenvalue weighted by atomic mass is 16.4. The van der Waals surface area contributed by atoms with Gasteiger partial charge in [-0.1, -0.05) is 31.2 Å². The number of anilines is 1. The van der Waals surface area contributed by atoms with Crippen molar-refractivity contribution in [1.29, 1.82) is 0 Å². The lowest BCUT2D eigenvalue weighted by molar-refractivity contribution is -0.143. The molecule has 0 radical (unpaired) electrons. The smallest absolute Gasteiger partial charge is 0.329 e. The zero-order valence-corrected chi connectivity index (χ0v) is 12.3. The highest BCUT2D eigenvalue weighted by Crippen LogP contribution is 2.38. The average Bonchev–Trinajstić information content (AvgIpc) is 2.93. The van der Waals surface area contributed by atoms with E-state index < -0.39 is 11.5 Å². The van der Waals surface area contributed by atoms with Crippen LogP contribution in [0.1, 0.15) is 31.9 Å². The fraction of sp³-hybridized carbons (Fsp3) is 0.438. The maximum atomic E-state index is 11.9. The highest BCUT2D eigenvalue weighted by molar-refractivity contribution is 5.96. The number of hydrogen-bond donors (Lipinski definition) is 1. The Morgan fingerprint density at radius 3 is 2.71 bits per heavy atom. The number of aromatic nitrogens is 2. The standard InChI is InChI=1S/C16H19N3O2/c1-3-16(15(20)21)9-6-10-19(16)14-13-8-5-4-7-12(13)11(2)17-18-14/h4-5,7-8H,3,6,9-10H2,1-2H3,(H,20,21). The van der Waals surface area contributed by atoms with Crippen LogP contribution < -0.4 is 4.90 Å². The predicted octanol–water partition coefficient (Wildman–Crippen LogP) is 2.77. The molecule has 1 atom stereocenters. The number of rotatable bonds is 3. The van der Waals surface area contributed by atoms with Crippen molar-refractivity contribution >= 4 is 22.6 Å². The van der Waals surface area contributed by atoms with Gasteiger partial charge in [-0.15, -0.1) is 5.10 Å². The maximum absolute atomic E-state index is 11.9. The van der Waals surface area contributed by atoms with Gasteiger partial charge >= 0.3 is 5.97 Å². The first-order chi connectivity index (χ1) is 10.1. The molecule has 1 aromatic carbocycles. The van der Waals surface area contributed by atoms with Crippen molar-refractivity contribution < 1.29 is 9.90 Å². The molecule has 0 aliphatic carbocycles. The predicted molar refractivity (Wildman–Crippen MR) is 81.5 cm³/mol. The Labute approximate surface area is 123 Å². The number of hydrogen-bond acceptors (Lipinski definition) is 4. The summed E-state index contributed by atoms with van der Waals surface area (Å²) in [4.78, 5) is 13.8. The molecule has 110 valence electrons. The van der Waals surface area contributed by atoms with Crippen molar-refractivity contribution in [3.8, 4) is 0 Å². The van der Waals surface area contributed by atoms with Crippen LogP contribution in [0, 0.1) is 6.92 Å². The van der Waals surface area contributed by atoms with Gasteiger partial charge in [0, 0.05) is 17.3 Å². The van der Waals surface area contributed by atoms with Crippen molar-refractivity contribution in [3.05, 3.63) is 30.0 Å². The third kappa shape index (κ3) is 1.95. The minimum absolute atomic E-state index is 0.562. The van der Waals surface area contributed by atoms with Crippen molar-refractivity contribution in [2.45, 2.75) is 38.6 Å². The molecule has 1 aliphatic heterocycles. The fourth-order valence-corrected chi connectivity index (χ4v) is 3.35. The summed E-state index contributed by atoms with van der Waals surface area (Å²) in [5, 5.41) is 20.3. The summed E-state index contributed by atoms with van der Waals surface area (Å²) in [5.74, 6) is -0.0769. The normalized spacial score (nSPS) is 21.9. The van der Waals surface area contributed by atoms with Crippen molar-refractivity contribution in [1.82, 2.24) is 10.2 Å². The molecule has 2 heterocycles. The van der Waals surface area contributed by atoms with Gasteiger partial charge in [-0.2, -0.15) is 5.10 Å². The van der Waals surface area contributed by atoms with Gasteiger partial charge in [0.25, 0.3) is 0 Å². The molecular weight excluding hydrogens is 266 g/mol. The molecule has 5 heteroatoms. The van der Waals surface area contributed by atoms with Crippen molar-refractivity contribution in [3.63, 3.8) is 0 Å². The molecule has 1 fully saturated rings. The molecule has 1 N–H and O–H groups in total. The Hall–Kier alpha value is -2.17. The minimum atomic E-state index is -0.854. The summed E-state index contributed by atoms with van der Waals surface area (Å²) >= 11 is 0. The van der Waals surface area contributed by atoms with Gasteiger partial charge < -0.3 is 10.0 Å². The fourth-order valence-electron chi connectivity index (χ4n) is 3.35. The molecule has 0 bridgehead atoms. The zero-order chi connectivity index (χ0) is 15.0. The van der Waals surface area contributed by atoms with E-state index in [9.17, 15) is 9.90 Å². The van der Waals surface area contributed by atoms with Crippen LogP contribution >= 0.6 is 0 Å². The van der Waals surface area contributed by atoms with Crippen LogP contribution in [0.15, 0.2) is 24.3 Å².